The van der Waals surface area contributed by atoms with E-state index in [9.17, 15) is 30.7 Å². The Morgan fingerprint density at radius 3 is 2.06 bits per heavy atom. The maximum Gasteiger partial charge on any atom is 0.432 e. The minimum atomic E-state index is -4.66. The zero-order chi connectivity index (χ0) is 24.2. The maximum atomic E-state index is 14.3. The fourth-order valence-electron chi connectivity index (χ4n) is 2.88. The van der Waals surface area contributed by atoms with E-state index in [1.165, 1.54) is 0 Å². The molecule has 0 radical (unpaired) electrons. The number of nitrogens with zero attached hydrogens (tertiary/aromatic N) is 1. The van der Waals surface area contributed by atoms with Crippen molar-refractivity contribution in [2.75, 3.05) is 0 Å². The number of alkyl halides is 2. The topological polar surface area (TPSA) is 22.1 Å². The number of pyridine rings is 1. The fraction of sp³-hybridized carbons (Fsp3) is 0.208. The summed E-state index contributed by atoms with van der Waals surface area (Å²) in [6.07, 6.45) is -0.161. The predicted octanol–water partition coefficient (Wildman–Crippen LogP) is 6.65. The number of aromatic nitrogens is 1. The van der Waals surface area contributed by atoms with E-state index >= 15 is 0 Å². The van der Waals surface area contributed by atoms with Crippen LogP contribution in [-0.2, 0) is 12.5 Å². The quantitative estimate of drug-likeness (QED) is 0.230. The molecule has 2 nitrogen and oxygen atoms in total. The molecule has 0 aliphatic carbocycles. The third-order valence-corrected chi connectivity index (χ3v) is 4.52. The largest absolute Gasteiger partial charge is 0.432 e. The number of hydrogen-bond acceptors (Lipinski definition) is 2. The first kappa shape index (κ1) is 24.1. The summed E-state index contributed by atoms with van der Waals surface area (Å²) < 4.78 is 101. The average Bonchev–Trinajstić information content (AvgIpc) is 2.74. The van der Waals surface area contributed by atoms with Gasteiger partial charge < -0.3 is 4.74 Å². The van der Waals surface area contributed by atoms with Crippen LogP contribution < -0.4 is 4.74 Å². The third-order valence-electron chi connectivity index (χ3n) is 4.52. The second-order valence-electron chi connectivity index (χ2n) is 7.04. The molecule has 0 spiro atoms. The standard InChI is InChI=1S/C24H16F7NO/c1-2-3-4-14-5-7-16(32-13-14)8-6-15-9-18(25)22(19(26)10-15)24(30,31)33-17-11-20(27)23(29)21(28)12-17/h5,7,9-13H,2-4H2,1H3. The Kier molecular flexibility index (Phi) is 7.26. The summed E-state index contributed by atoms with van der Waals surface area (Å²) in [5.41, 5.74) is -0.724. The smallest absolute Gasteiger partial charge is 0.429 e. The van der Waals surface area contributed by atoms with Gasteiger partial charge in [-0.15, -0.1) is 0 Å². The van der Waals surface area contributed by atoms with Crippen LogP contribution in [0.1, 0.15) is 42.1 Å². The van der Waals surface area contributed by atoms with Crippen LogP contribution in [0.5, 0.6) is 5.75 Å². The highest BCUT2D eigenvalue weighted by molar-refractivity contribution is 5.43. The number of aryl methyl sites for hydroxylation is 1. The minimum Gasteiger partial charge on any atom is -0.429 e. The van der Waals surface area contributed by atoms with Gasteiger partial charge in [0.05, 0.1) is 0 Å². The fourth-order valence-corrected chi connectivity index (χ4v) is 2.88. The molecule has 9 heteroatoms. The lowest BCUT2D eigenvalue weighted by molar-refractivity contribution is -0.189. The number of halogens is 7. The molecule has 0 N–H and O–H groups in total. The van der Waals surface area contributed by atoms with Crippen molar-refractivity contribution in [2.24, 2.45) is 0 Å². The van der Waals surface area contributed by atoms with Crippen molar-refractivity contribution < 1.29 is 35.5 Å². The molecule has 172 valence electrons. The van der Waals surface area contributed by atoms with Crippen molar-refractivity contribution in [1.29, 1.82) is 0 Å². The summed E-state index contributed by atoms with van der Waals surface area (Å²) in [4.78, 5) is 4.13. The van der Waals surface area contributed by atoms with Crippen molar-refractivity contribution >= 4 is 0 Å². The number of rotatable bonds is 6. The Morgan fingerprint density at radius 1 is 0.879 bits per heavy atom. The highest BCUT2D eigenvalue weighted by Gasteiger charge is 2.41. The van der Waals surface area contributed by atoms with Crippen molar-refractivity contribution in [3.05, 3.63) is 94.1 Å². The van der Waals surface area contributed by atoms with Crippen LogP contribution in [-0.4, -0.2) is 4.98 Å². The van der Waals surface area contributed by atoms with Crippen LogP contribution >= 0.6 is 0 Å². The van der Waals surface area contributed by atoms with Crippen LogP contribution in [0.25, 0.3) is 0 Å². The van der Waals surface area contributed by atoms with Gasteiger partial charge in [0.15, 0.2) is 17.5 Å². The van der Waals surface area contributed by atoms with Gasteiger partial charge in [-0.05, 0) is 42.5 Å². The molecule has 0 unspecified atom stereocenters. The summed E-state index contributed by atoms with van der Waals surface area (Å²) in [5, 5.41) is 0. The molecule has 33 heavy (non-hydrogen) atoms. The second-order valence-corrected chi connectivity index (χ2v) is 7.04. The van der Waals surface area contributed by atoms with Crippen LogP contribution in [0.4, 0.5) is 30.7 Å². The molecule has 0 saturated heterocycles. The Hall–Kier alpha value is -3.54. The van der Waals surface area contributed by atoms with E-state index in [-0.39, 0.29) is 17.7 Å². The Bertz CT molecular complexity index is 1170. The summed E-state index contributed by atoms with van der Waals surface area (Å²) >= 11 is 0. The molecule has 2 aromatic carbocycles. The molecule has 0 atom stereocenters. The molecule has 3 aromatic rings. The van der Waals surface area contributed by atoms with Gasteiger partial charge in [0, 0.05) is 23.9 Å². The predicted molar refractivity (Wildman–Crippen MR) is 106 cm³/mol. The van der Waals surface area contributed by atoms with E-state index in [2.05, 4.69) is 28.5 Å². The monoisotopic (exact) mass is 467 g/mol. The summed E-state index contributed by atoms with van der Waals surface area (Å²) in [6.45, 7) is 2.06. The molecule has 3 rings (SSSR count). The molecule has 0 saturated carbocycles. The van der Waals surface area contributed by atoms with Crippen molar-refractivity contribution in [3.8, 4) is 17.6 Å². The molecule has 0 bridgehead atoms. The van der Waals surface area contributed by atoms with E-state index in [4.69, 9.17) is 0 Å². The van der Waals surface area contributed by atoms with Gasteiger partial charge in [0.1, 0.15) is 28.6 Å². The van der Waals surface area contributed by atoms with Gasteiger partial charge in [0.2, 0.25) is 0 Å². The summed E-state index contributed by atoms with van der Waals surface area (Å²) in [5.74, 6) is -5.06. The first-order valence-corrected chi connectivity index (χ1v) is 9.78. The van der Waals surface area contributed by atoms with Crippen LogP contribution in [0, 0.1) is 40.9 Å². The molecule has 0 fully saturated rings. The van der Waals surface area contributed by atoms with E-state index in [1.807, 2.05) is 6.07 Å². The second kappa shape index (κ2) is 9.94. The van der Waals surface area contributed by atoms with E-state index < -0.39 is 46.5 Å². The average molecular weight is 467 g/mol. The van der Waals surface area contributed by atoms with Gasteiger partial charge in [-0.1, -0.05) is 25.3 Å². The Balaban J connectivity index is 1.83. The third kappa shape index (κ3) is 5.83. The van der Waals surface area contributed by atoms with Gasteiger partial charge in [-0.2, -0.15) is 8.78 Å². The molecular weight excluding hydrogens is 451 g/mol. The van der Waals surface area contributed by atoms with Crippen LogP contribution in [0.2, 0.25) is 0 Å². The van der Waals surface area contributed by atoms with Gasteiger partial charge in [0.25, 0.3) is 0 Å². The number of benzene rings is 2. The van der Waals surface area contributed by atoms with Gasteiger partial charge in [-0.3, -0.25) is 0 Å². The zero-order valence-electron chi connectivity index (χ0n) is 17.2. The maximum absolute atomic E-state index is 14.3. The number of ether oxygens (including phenoxy) is 1. The highest BCUT2D eigenvalue weighted by atomic mass is 19.3. The molecule has 0 amide bonds. The first-order chi connectivity index (χ1) is 15.6. The molecule has 1 aromatic heterocycles. The van der Waals surface area contributed by atoms with Gasteiger partial charge >= 0.3 is 6.11 Å². The van der Waals surface area contributed by atoms with Crippen LogP contribution in [0.15, 0.2) is 42.6 Å². The van der Waals surface area contributed by atoms with Crippen molar-refractivity contribution in [2.45, 2.75) is 32.3 Å². The lowest BCUT2D eigenvalue weighted by Crippen LogP contribution is -2.25. The molecule has 0 aliphatic heterocycles. The van der Waals surface area contributed by atoms with E-state index in [1.54, 1.807) is 12.3 Å². The lowest BCUT2D eigenvalue weighted by atomic mass is 10.1. The van der Waals surface area contributed by atoms with Crippen LogP contribution in [0.3, 0.4) is 0 Å². The minimum absolute atomic E-state index is 0.127. The Morgan fingerprint density at radius 2 is 1.52 bits per heavy atom. The molecular formula is C24H16F7NO. The molecule has 1 heterocycles. The zero-order valence-corrected chi connectivity index (χ0v) is 17.2. The van der Waals surface area contributed by atoms with Crippen molar-refractivity contribution in [1.82, 2.24) is 4.98 Å². The van der Waals surface area contributed by atoms with E-state index in [0.29, 0.717) is 17.8 Å². The SMILES string of the molecule is CCCCc1ccc(C#Cc2cc(F)c(C(F)(F)Oc3cc(F)c(F)c(F)c3)c(F)c2)nc1. The number of unbranched alkanes of at least 4 members (excludes halogenated alkanes) is 1. The first-order valence-electron chi connectivity index (χ1n) is 9.78. The molecule has 0 aliphatic rings. The van der Waals surface area contributed by atoms with Crippen molar-refractivity contribution in [3.63, 3.8) is 0 Å². The number of hydrogen-bond donors (Lipinski definition) is 0. The lowest BCUT2D eigenvalue weighted by Gasteiger charge is -2.19. The normalized spacial score (nSPS) is 11.2. The Labute approximate surface area is 185 Å². The highest BCUT2D eigenvalue weighted by Crippen LogP contribution is 2.36. The summed E-state index contributed by atoms with van der Waals surface area (Å²) in [6, 6.07) is 4.82. The summed E-state index contributed by atoms with van der Waals surface area (Å²) in [7, 11) is 0. The van der Waals surface area contributed by atoms with Gasteiger partial charge in [-0.25, -0.2) is 26.9 Å². The van der Waals surface area contributed by atoms with E-state index in [0.717, 1.165) is 24.8 Å².